The predicted octanol–water partition coefficient (Wildman–Crippen LogP) is 1.75. The van der Waals surface area contributed by atoms with Crippen LogP contribution in [0.25, 0.3) is 0 Å². The average molecular weight is 220 g/mol. The minimum absolute atomic E-state index is 0.375. The van der Waals surface area contributed by atoms with E-state index in [1.54, 1.807) is 12.4 Å². The first-order valence-electron chi connectivity index (χ1n) is 5.52. The molecule has 4 nitrogen and oxygen atoms in total. The topological polar surface area (TPSA) is 53.4 Å². The van der Waals surface area contributed by atoms with E-state index < -0.39 is 5.97 Å². The lowest BCUT2D eigenvalue weighted by Crippen LogP contribution is -2.36. The standard InChI is InChI=1S/C12H16N2O2/c1-8-6-13-7-9(2)11(8)14-5-3-4-10(14)12(15)16/h6-7,10H,3-5H2,1-2H3,(H,15,16). The molecule has 1 N–H and O–H groups in total. The van der Waals surface area contributed by atoms with E-state index in [2.05, 4.69) is 4.98 Å². The average Bonchev–Trinajstić information content (AvgIpc) is 2.66. The van der Waals surface area contributed by atoms with Crippen LogP contribution >= 0.6 is 0 Å². The van der Waals surface area contributed by atoms with Gasteiger partial charge in [0.25, 0.3) is 0 Å². The van der Waals surface area contributed by atoms with Gasteiger partial charge in [-0.25, -0.2) is 4.79 Å². The molecule has 2 heterocycles. The highest BCUT2D eigenvalue weighted by molar-refractivity contribution is 5.80. The highest BCUT2D eigenvalue weighted by atomic mass is 16.4. The molecule has 1 fully saturated rings. The summed E-state index contributed by atoms with van der Waals surface area (Å²) >= 11 is 0. The lowest BCUT2D eigenvalue weighted by molar-refractivity contribution is -0.138. The number of rotatable bonds is 2. The van der Waals surface area contributed by atoms with Crippen LogP contribution in [0, 0.1) is 13.8 Å². The van der Waals surface area contributed by atoms with Crippen molar-refractivity contribution in [2.45, 2.75) is 32.7 Å². The first kappa shape index (κ1) is 10.9. The van der Waals surface area contributed by atoms with Gasteiger partial charge in [0.05, 0.1) is 0 Å². The van der Waals surface area contributed by atoms with Crippen molar-refractivity contribution >= 4 is 11.7 Å². The Morgan fingerprint density at radius 3 is 2.62 bits per heavy atom. The zero-order valence-electron chi connectivity index (χ0n) is 9.60. The van der Waals surface area contributed by atoms with Gasteiger partial charge in [-0.05, 0) is 37.8 Å². The fourth-order valence-corrected chi connectivity index (χ4v) is 2.44. The van der Waals surface area contributed by atoms with E-state index in [0.717, 1.165) is 36.2 Å². The van der Waals surface area contributed by atoms with E-state index in [1.807, 2.05) is 18.7 Å². The molecule has 0 aliphatic carbocycles. The molecule has 4 heteroatoms. The maximum atomic E-state index is 11.2. The second kappa shape index (κ2) is 4.12. The van der Waals surface area contributed by atoms with Gasteiger partial charge in [0, 0.05) is 24.6 Å². The zero-order valence-corrected chi connectivity index (χ0v) is 9.60. The van der Waals surface area contributed by atoms with E-state index in [9.17, 15) is 4.79 Å². The maximum Gasteiger partial charge on any atom is 0.326 e. The Balaban J connectivity index is 2.40. The van der Waals surface area contributed by atoms with Crippen molar-refractivity contribution in [3.63, 3.8) is 0 Å². The maximum absolute atomic E-state index is 11.2. The molecule has 1 aromatic heterocycles. The number of anilines is 1. The van der Waals surface area contributed by atoms with Crippen LogP contribution in [0.3, 0.4) is 0 Å². The predicted molar refractivity (Wildman–Crippen MR) is 61.7 cm³/mol. The molecule has 86 valence electrons. The number of hydrogen-bond donors (Lipinski definition) is 1. The van der Waals surface area contributed by atoms with Gasteiger partial charge in [0.2, 0.25) is 0 Å². The minimum atomic E-state index is -0.729. The third-order valence-electron chi connectivity index (χ3n) is 3.11. The van der Waals surface area contributed by atoms with Crippen molar-refractivity contribution < 1.29 is 9.90 Å². The Bertz CT molecular complexity index is 397. The third-order valence-corrected chi connectivity index (χ3v) is 3.11. The molecule has 0 saturated carbocycles. The van der Waals surface area contributed by atoms with E-state index >= 15 is 0 Å². The fourth-order valence-electron chi connectivity index (χ4n) is 2.44. The second-order valence-corrected chi connectivity index (χ2v) is 4.31. The number of carboxylic acids is 1. The van der Waals surface area contributed by atoms with Crippen LogP contribution in [0.15, 0.2) is 12.4 Å². The molecule has 2 rings (SSSR count). The second-order valence-electron chi connectivity index (χ2n) is 4.31. The number of carboxylic acid groups (broad SMARTS) is 1. The summed E-state index contributed by atoms with van der Waals surface area (Å²) in [6.45, 7) is 4.78. The first-order chi connectivity index (χ1) is 7.61. The van der Waals surface area contributed by atoms with E-state index in [4.69, 9.17) is 5.11 Å². The molecule has 1 saturated heterocycles. The highest BCUT2D eigenvalue weighted by Crippen LogP contribution is 2.30. The van der Waals surface area contributed by atoms with Crippen molar-refractivity contribution in [3.8, 4) is 0 Å². The number of hydrogen-bond acceptors (Lipinski definition) is 3. The van der Waals surface area contributed by atoms with E-state index in [-0.39, 0.29) is 6.04 Å². The summed E-state index contributed by atoms with van der Waals surface area (Å²) in [7, 11) is 0. The van der Waals surface area contributed by atoms with Gasteiger partial charge < -0.3 is 10.0 Å². The Hall–Kier alpha value is -1.58. The molecule has 1 aliphatic rings. The zero-order chi connectivity index (χ0) is 11.7. The summed E-state index contributed by atoms with van der Waals surface area (Å²) in [5.74, 6) is -0.729. The summed E-state index contributed by atoms with van der Waals surface area (Å²) in [6.07, 6.45) is 5.26. The Morgan fingerprint density at radius 1 is 1.44 bits per heavy atom. The van der Waals surface area contributed by atoms with Crippen molar-refractivity contribution in [1.29, 1.82) is 0 Å². The molecule has 0 amide bonds. The van der Waals surface area contributed by atoms with E-state index in [1.165, 1.54) is 0 Å². The van der Waals surface area contributed by atoms with Crippen LogP contribution in [-0.4, -0.2) is 28.6 Å². The molecule has 16 heavy (non-hydrogen) atoms. The molecular formula is C12H16N2O2. The van der Waals surface area contributed by atoms with Crippen LogP contribution in [-0.2, 0) is 4.79 Å². The molecule has 0 radical (unpaired) electrons. The van der Waals surface area contributed by atoms with Crippen LogP contribution in [0.4, 0.5) is 5.69 Å². The fraction of sp³-hybridized carbons (Fsp3) is 0.500. The van der Waals surface area contributed by atoms with Crippen LogP contribution in [0.5, 0.6) is 0 Å². The molecular weight excluding hydrogens is 204 g/mol. The molecule has 1 atom stereocenters. The van der Waals surface area contributed by atoms with Crippen LogP contribution in [0.1, 0.15) is 24.0 Å². The SMILES string of the molecule is Cc1cncc(C)c1N1CCCC1C(=O)O. The summed E-state index contributed by atoms with van der Waals surface area (Å²) in [5, 5.41) is 9.17. The van der Waals surface area contributed by atoms with Crippen molar-refractivity contribution in [2.24, 2.45) is 0 Å². The number of carbonyl (C=O) groups is 1. The number of pyridine rings is 1. The lowest BCUT2D eigenvalue weighted by atomic mass is 10.1. The summed E-state index contributed by atoms with van der Waals surface area (Å²) in [4.78, 5) is 17.3. The van der Waals surface area contributed by atoms with Crippen molar-refractivity contribution in [1.82, 2.24) is 4.98 Å². The van der Waals surface area contributed by atoms with Crippen molar-refractivity contribution in [3.05, 3.63) is 23.5 Å². The molecule has 1 aromatic rings. The van der Waals surface area contributed by atoms with Crippen molar-refractivity contribution in [2.75, 3.05) is 11.4 Å². The molecule has 1 unspecified atom stereocenters. The summed E-state index contributed by atoms with van der Waals surface area (Å²) in [5.41, 5.74) is 3.14. The smallest absolute Gasteiger partial charge is 0.326 e. The Morgan fingerprint density at radius 2 is 2.06 bits per heavy atom. The van der Waals surface area contributed by atoms with Gasteiger partial charge in [-0.3, -0.25) is 4.98 Å². The third kappa shape index (κ3) is 1.75. The molecule has 1 aliphatic heterocycles. The quantitative estimate of drug-likeness (QED) is 0.825. The lowest BCUT2D eigenvalue weighted by Gasteiger charge is -2.26. The Kier molecular flexibility index (Phi) is 2.81. The monoisotopic (exact) mass is 220 g/mol. The Labute approximate surface area is 94.9 Å². The van der Waals surface area contributed by atoms with Gasteiger partial charge in [0.15, 0.2) is 0 Å². The molecule has 0 spiro atoms. The van der Waals surface area contributed by atoms with Gasteiger partial charge in [-0.1, -0.05) is 0 Å². The van der Waals surface area contributed by atoms with Crippen LogP contribution < -0.4 is 4.90 Å². The molecule has 0 aromatic carbocycles. The minimum Gasteiger partial charge on any atom is -0.480 e. The van der Waals surface area contributed by atoms with Gasteiger partial charge in [-0.2, -0.15) is 0 Å². The summed E-state index contributed by atoms with van der Waals surface area (Å²) < 4.78 is 0. The number of aliphatic carboxylic acids is 1. The number of aromatic nitrogens is 1. The highest BCUT2D eigenvalue weighted by Gasteiger charge is 2.32. The molecule has 0 bridgehead atoms. The number of nitrogens with zero attached hydrogens (tertiary/aromatic N) is 2. The van der Waals surface area contributed by atoms with Gasteiger partial charge >= 0.3 is 5.97 Å². The normalized spacial score (nSPS) is 20.1. The van der Waals surface area contributed by atoms with Gasteiger partial charge in [0.1, 0.15) is 6.04 Å². The van der Waals surface area contributed by atoms with E-state index in [0.29, 0.717) is 0 Å². The van der Waals surface area contributed by atoms with Gasteiger partial charge in [-0.15, -0.1) is 0 Å². The number of aryl methyl sites for hydroxylation is 2. The van der Waals surface area contributed by atoms with Crippen LogP contribution in [0.2, 0.25) is 0 Å². The first-order valence-corrected chi connectivity index (χ1v) is 5.52. The largest absolute Gasteiger partial charge is 0.480 e. The summed E-state index contributed by atoms with van der Waals surface area (Å²) in [6, 6.07) is -0.375.